The van der Waals surface area contributed by atoms with E-state index in [2.05, 4.69) is 27.2 Å². The van der Waals surface area contributed by atoms with Crippen LogP contribution >= 0.6 is 0 Å². The minimum absolute atomic E-state index is 0.159. The lowest BCUT2D eigenvalue weighted by Crippen LogP contribution is -2.52. The monoisotopic (exact) mass is 387 g/mol. The van der Waals surface area contributed by atoms with Crippen LogP contribution in [0.15, 0.2) is 40.0 Å². The van der Waals surface area contributed by atoms with Crippen molar-refractivity contribution in [2.45, 2.75) is 19.9 Å². The SMILES string of the molecule is CCNC(=NCCc1ccc(O)c(OC)c1)N1CCN(Cc2ccon2)CC1. The molecule has 0 saturated carbocycles. The number of methoxy groups -OCH3 is 1. The normalized spacial score (nSPS) is 15.6. The first-order valence-electron chi connectivity index (χ1n) is 9.70. The molecule has 0 aliphatic carbocycles. The van der Waals surface area contributed by atoms with Crippen LogP contribution in [0.25, 0.3) is 0 Å². The van der Waals surface area contributed by atoms with Crippen LogP contribution < -0.4 is 10.1 Å². The third-order valence-corrected chi connectivity index (χ3v) is 4.79. The highest BCUT2D eigenvalue weighted by atomic mass is 16.5. The largest absolute Gasteiger partial charge is 0.504 e. The van der Waals surface area contributed by atoms with Crippen molar-refractivity contribution in [1.82, 2.24) is 20.3 Å². The van der Waals surface area contributed by atoms with Gasteiger partial charge in [0.25, 0.3) is 0 Å². The first-order chi connectivity index (χ1) is 13.7. The molecular weight excluding hydrogens is 358 g/mol. The minimum atomic E-state index is 0.159. The van der Waals surface area contributed by atoms with Crippen LogP contribution in [-0.2, 0) is 13.0 Å². The Morgan fingerprint density at radius 2 is 2.11 bits per heavy atom. The van der Waals surface area contributed by atoms with Crippen molar-refractivity contribution >= 4 is 5.96 Å². The molecule has 28 heavy (non-hydrogen) atoms. The molecule has 2 N–H and O–H groups in total. The lowest BCUT2D eigenvalue weighted by Gasteiger charge is -2.36. The van der Waals surface area contributed by atoms with Crippen molar-refractivity contribution in [3.8, 4) is 11.5 Å². The molecule has 1 aromatic heterocycles. The van der Waals surface area contributed by atoms with E-state index in [1.54, 1.807) is 19.4 Å². The molecule has 152 valence electrons. The number of phenols is 1. The van der Waals surface area contributed by atoms with E-state index in [9.17, 15) is 5.11 Å². The van der Waals surface area contributed by atoms with Crippen LogP contribution in [0.5, 0.6) is 11.5 Å². The number of hydrogen-bond acceptors (Lipinski definition) is 6. The fourth-order valence-corrected chi connectivity index (χ4v) is 3.26. The lowest BCUT2D eigenvalue weighted by molar-refractivity contribution is 0.169. The summed E-state index contributed by atoms with van der Waals surface area (Å²) >= 11 is 0. The number of aromatic nitrogens is 1. The number of rotatable bonds is 7. The Hall–Kier alpha value is -2.74. The lowest BCUT2D eigenvalue weighted by atomic mass is 10.1. The molecule has 0 bridgehead atoms. The Morgan fingerprint density at radius 1 is 1.29 bits per heavy atom. The van der Waals surface area contributed by atoms with E-state index in [4.69, 9.17) is 14.3 Å². The topological polar surface area (TPSA) is 86.4 Å². The highest BCUT2D eigenvalue weighted by molar-refractivity contribution is 5.80. The molecule has 8 heteroatoms. The van der Waals surface area contributed by atoms with E-state index >= 15 is 0 Å². The number of hydrogen-bond donors (Lipinski definition) is 2. The molecular formula is C20H29N5O3. The van der Waals surface area contributed by atoms with Crippen molar-refractivity contribution in [1.29, 1.82) is 0 Å². The predicted molar refractivity (Wildman–Crippen MR) is 108 cm³/mol. The molecule has 3 rings (SSSR count). The number of guanidine groups is 1. The Labute approximate surface area is 165 Å². The standard InChI is InChI=1S/C20H29N5O3/c1-3-21-20(22-8-6-16-4-5-18(26)19(14-16)27-2)25-11-9-24(10-12-25)15-17-7-13-28-23-17/h4-5,7,13-14,26H,3,6,8-12,15H2,1-2H3,(H,21,22). The molecule has 1 saturated heterocycles. The summed E-state index contributed by atoms with van der Waals surface area (Å²) in [4.78, 5) is 9.47. The van der Waals surface area contributed by atoms with E-state index in [-0.39, 0.29) is 5.75 Å². The molecule has 0 spiro atoms. The average molecular weight is 387 g/mol. The van der Waals surface area contributed by atoms with Gasteiger partial charge in [0.15, 0.2) is 17.5 Å². The van der Waals surface area contributed by atoms with Gasteiger partial charge in [0.2, 0.25) is 0 Å². The number of nitrogens with zero attached hydrogens (tertiary/aromatic N) is 4. The summed E-state index contributed by atoms with van der Waals surface area (Å²) in [5, 5.41) is 17.1. The van der Waals surface area contributed by atoms with Gasteiger partial charge in [0.05, 0.1) is 12.8 Å². The minimum Gasteiger partial charge on any atom is -0.504 e. The van der Waals surface area contributed by atoms with Gasteiger partial charge in [-0.15, -0.1) is 0 Å². The fraction of sp³-hybridized carbons (Fsp3) is 0.500. The van der Waals surface area contributed by atoms with Gasteiger partial charge in [-0.3, -0.25) is 9.89 Å². The molecule has 1 aromatic carbocycles. The van der Waals surface area contributed by atoms with Gasteiger partial charge in [-0.1, -0.05) is 11.2 Å². The third-order valence-electron chi connectivity index (χ3n) is 4.79. The van der Waals surface area contributed by atoms with Crippen LogP contribution in [0.3, 0.4) is 0 Å². The van der Waals surface area contributed by atoms with Crippen LogP contribution in [-0.4, -0.2) is 72.4 Å². The molecule has 2 aromatic rings. The molecule has 8 nitrogen and oxygen atoms in total. The van der Waals surface area contributed by atoms with Gasteiger partial charge >= 0.3 is 0 Å². The summed E-state index contributed by atoms with van der Waals surface area (Å²) in [5.41, 5.74) is 2.06. The highest BCUT2D eigenvalue weighted by Crippen LogP contribution is 2.26. The van der Waals surface area contributed by atoms with Gasteiger partial charge in [-0.05, 0) is 31.0 Å². The predicted octanol–water partition coefficient (Wildman–Crippen LogP) is 1.71. The summed E-state index contributed by atoms with van der Waals surface area (Å²) in [6, 6.07) is 7.34. The van der Waals surface area contributed by atoms with Crippen molar-refractivity contribution in [2.24, 2.45) is 4.99 Å². The van der Waals surface area contributed by atoms with Gasteiger partial charge in [0.1, 0.15) is 6.26 Å². The zero-order chi connectivity index (χ0) is 19.8. The first kappa shape index (κ1) is 20.0. The Bertz CT molecular complexity index is 755. The number of nitrogens with one attached hydrogen (secondary N) is 1. The Morgan fingerprint density at radius 3 is 2.79 bits per heavy atom. The molecule has 0 radical (unpaired) electrons. The summed E-state index contributed by atoms with van der Waals surface area (Å²) < 4.78 is 10.1. The van der Waals surface area contributed by atoms with Gasteiger partial charge in [-0.25, -0.2) is 0 Å². The van der Waals surface area contributed by atoms with Gasteiger partial charge in [0, 0.05) is 51.9 Å². The Kier molecular flexibility index (Phi) is 7.13. The smallest absolute Gasteiger partial charge is 0.194 e. The Balaban J connectivity index is 1.53. The van der Waals surface area contributed by atoms with E-state index < -0.39 is 0 Å². The quantitative estimate of drug-likeness (QED) is 0.552. The van der Waals surface area contributed by atoms with Crippen LogP contribution in [0.4, 0.5) is 0 Å². The van der Waals surface area contributed by atoms with Gasteiger partial charge in [-0.2, -0.15) is 0 Å². The first-order valence-corrected chi connectivity index (χ1v) is 9.70. The summed E-state index contributed by atoms with van der Waals surface area (Å²) in [6.07, 6.45) is 2.41. The third kappa shape index (κ3) is 5.39. The summed E-state index contributed by atoms with van der Waals surface area (Å²) in [5.74, 6) is 1.61. The van der Waals surface area contributed by atoms with Crippen LogP contribution in [0, 0.1) is 0 Å². The summed E-state index contributed by atoms with van der Waals surface area (Å²) in [7, 11) is 1.56. The van der Waals surface area contributed by atoms with Gasteiger partial charge < -0.3 is 24.6 Å². The number of phenolic OH excluding ortho intramolecular Hbond substituents is 1. The van der Waals surface area contributed by atoms with Crippen LogP contribution in [0.1, 0.15) is 18.2 Å². The maximum absolute atomic E-state index is 9.71. The van der Waals surface area contributed by atoms with Crippen LogP contribution in [0.2, 0.25) is 0 Å². The number of aromatic hydroxyl groups is 1. The molecule has 0 unspecified atom stereocenters. The number of aliphatic imine (C=N–C) groups is 1. The second-order valence-corrected chi connectivity index (χ2v) is 6.75. The second-order valence-electron chi connectivity index (χ2n) is 6.75. The number of piperazine rings is 1. The number of ether oxygens (including phenoxy) is 1. The zero-order valence-corrected chi connectivity index (χ0v) is 16.6. The van der Waals surface area contributed by atoms with E-state index in [1.807, 2.05) is 18.2 Å². The average Bonchev–Trinajstić information content (AvgIpc) is 3.22. The second kappa shape index (κ2) is 9.98. The zero-order valence-electron chi connectivity index (χ0n) is 16.6. The maximum Gasteiger partial charge on any atom is 0.194 e. The molecule has 0 amide bonds. The summed E-state index contributed by atoms with van der Waals surface area (Å²) in [6.45, 7) is 8.20. The highest BCUT2D eigenvalue weighted by Gasteiger charge is 2.20. The van der Waals surface area contributed by atoms with Crippen molar-refractivity contribution < 1.29 is 14.4 Å². The molecule has 2 heterocycles. The number of benzene rings is 1. The van der Waals surface area contributed by atoms with E-state index in [0.717, 1.165) is 62.9 Å². The van der Waals surface area contributed by atoms with E-state index in [1.165, 1.54) is 0 Å². The fourth-order valence-electron chi connectivity index (χ4n) is 3.26. The van der Waals surface area contributed by atoms with Crippen molar-refractivity contribution in [2.75, 3.05) is 46.4 Å². The van der Waals surface area contributed by atoms with Crippen molar-refractivity contribution in [3.05, 3.63) is 41.8 Å². The molecule has 0 atom stereocenters. The maximum atomic E-state index is 9.71. The van der Waals surface area contributed by atoms with E-state index in [0.29, 0.717) is 12.3 Å². The molecule has 1 aliphatic rings. The van der Waals surface area contributed by atoms with Crippen molar-refractivity contribution in [3.63, 3.8) is 0 Å². The molecule has 1 fully saturated rings. The molecule has 1 aliphatic heterocycles.